The van der Waals surface area contributed by atoms with Crippen LogP contribution in [0.5, 0.6) is 0 Å². The van der Waals surface area contributed by atoms with Gasteiger partial charge in [0.15, 0.2) is 12.4 Å². The molecule has 2 saturated heterocycles. The van der Waals surface area contributed by atoms with Gasteiger partial charge in [-0.25, -0.2) is 0 Å². The number of esters is 2. The standard InChI is InChI=1S/C48H90O13/c1-36(2)29-25-21-17-13-9-5-7-11-15-19-23-27-31-40(51)57-35-48(61-47-45(56)44(55)42(53)38(33-49)58-47)46(43(54)39(34-50)60-48)59-41(52)32-28-24-20-16-12-8-6-10-14-18-22-26-30-37(3)4/h36-39,42-47,49-50,53-56H,5-35H2,1-4H3/t38-,39-,42-,43-,44+,45-,46+,47-,48+/m1/s1. The van der Waals surface area contributed by atoms with Gasteiger partial charge in [-0.3, -0.25) is 9.59 Å². The summed E-state index contributed by atoms with van der Waals surface area (Å²) in [5.41, 5.74) is 0. The lowest BCUT2D eigenvalue weighted by Gasteiger charge is -2.43. The number of hydrogen-bond acceptors (Lipinski definition) is 13. The van der Waals surface area contributed by atoms with Crippen LogP contribution in [0.25, 0.3) is 0 Å². The summed E-state index contributed by atoms with van der Waals surface area (Å²) in [6, 6.07) is 0. The zero-order valence-corrected chi connectivity index (χ0v) is 38.7. The Balaban J connectivity index is 1.86. The highest BCUT2D eigenvalue weighted by Crippen LogP contribution is 2.39. The van der Waals surface area contributed by atoms with Gasteiger partial charge in [-0.05, 0) is 24.7 Å². The second kappa shape index (κ2) is 33.1. The van der Waals surface area contributed by atoms with E-state index in [4.69, 9.17) is 23.7 Å². The predicted molar refractivity (Wildman–Crippen MR) is 235 cm³/mol. The monoisotopic (exact) mass is 875 g/mol. The van der Waals surface area contributed by atoms with Crippen molar-refractivity contribution in [3.05, 3.63) is 0 Å². The highest BCUT2D eigenvalue weighted by molar-refractivity contribution is 5.70. The van der Waals surface area contributed by atoms with Gasteiger partial charge in [0.2, 0.25) is 5.79 Å². The predicted octanol–water partition coefficient (Wildman–Crippen LogP) is 7.94. The molecule has 9 atom stereocenters. The number of hydrogen-bond donors (Lipinski definition) is 6. The van der Waals surface area contributed by atoms with Crippen molar-refractivity contribution in [2.75, 3.05) is 19.8 Å². The summed E-state index contributed by atoms with van der Waals surface area (Å²) in [6.45, 7) is 6.96. The van der Waals surface area contributed by atoms with Crippen molar-refractivity contribution in [3.8, 4) is 0 Å². The largest absolute Gasteiger partial charge is 0.460 e. The summed E-state index contributed by atoms with van der Waals surface area (Å²) in [6.07, 6.45) is 17.1. The van der Waals surface area contributed by atoms with Crippen molar-refractivity contribution in [1.29, 1.82) is 0 Å². The Hall–Kier alpha value is -1.42. The zero-order chi connectivity index (χ0) is 44.9. The maximum absolute atomic E-state index is 13.2. The van der Waals surface area contributed by atoms with Crippen LogP contribution in [-0.4, -0.2) is 117 Å². The first kappa shape index (κ1) is 55.7. The van der Waals surface area contributed by atoms with Crippen LogP contribution in [0.15, 0.2) is 0 Å². The van der Waals surface area contributed by atoms with Crippen molar-refractivity contribution in [2.45, 2.75) is 262 Å². The zero-order valence-electron chi connectivity index (χ0n) is 38.7. The minimum absolute atomic E-state index is 0.0400. The Labute approximate surface area is 369 Å². The van der Waals surface area contributed by atoms with Crippen molar-refractivity contribution in [1.82, 2.24) is 0 Å². The van der Waals surface area contributed by atoms with E-state index in [1.54, 1.807) is 0 Å². The number of ether oxygens (including phenoxy) is 5. The average Bonchev–Trinajstić information content (AvgIpc) is 3.49. The first-order valence-corrected chi connectivity index (χ1v) is 24.6. The number of aliphatic hydroxyl groups excluding tert-OH is 6. The Kier molecular flexibility index (Phi) is 30.2. The average molecular weight is 875 g/mol. The molecule has 360 valence electrons. The van der Waals surface area contributed by atoms with E-state index in [1.165, 1.54) is 109 Å². The molecule has 13 heteroatoms. The fourth-order valence-corrected chi connectivity index (χ4v) is 8.39. The third-order valence-electron chi connectivity index (χ3n) is 12.3. The number of aliphatic hydroxyl groups is 6. The van der Waals surface area contributed by atoms with E-state index < -0.39 is 86.6 Å². The molecule has 0 aromatic rings. The molecule has 0 radical (unpaired) electrons. The minimum Gasteiger partial charge on any atom is -0.460 e. The SMILES string of the molecule is CC(C)CCCCCCCCCCCCCCC(=O)OC[C@@]1(O[C@H]2O[C@H](CO)[C@@H](O)[C@H](O)[C@H]2O)O[C@H](CO)[C@@H](O)[C@@H]1OC(=O)CCCCCCCCCCCCCCC(C)C. The molecule has 0 aromatic heterocycles. The van der Waals surface area contributed by atoms with Crippen LogP contribution in [0.1, 0.15) is 207 Å². The molecule has 0 unspecified atom stereocenters. The normalized spacial score (nSPS) is 26.7. The molecule has 0 spiro atoms. The van der Waals surface area contributed by atoms with E-state index in [9.17, 15) is 40.2 Å². The summed E-state index contributed by atoms with van der Waals surface area (Å²) < 4.78 is 28.9. The number of unbranched alkanes of at least 4 members (excludes halogenated alkanes) is 22. The Bertz CT molecular complexity index is 1110. The maximum Gasteiger partial charge on any atom is 0.306 e. The highest BCUT2D eigenvalue weighted by Gasteiger charge is 2.61. The molecule has 2 fully saturated rings. The minimum atomic E-state index is -2.27. The number of carbonyl (C=O) groups excluding carboxylic acids is 2. The fourth-order valence-electron chi connectivity index (χ4n) is 8.39. The molecule has 0 aromatic carbocycles. The van der Waals surface area contributed by atoms with Crippen molar-refractivity contribution in [2.24, 2.45) is 11.8 Å². The molecule has 2 aliphatic heterocycles. The van der Waals surface area contributed by atoms with Gasteiger partial charge in [-0.1, -0.05) is 182 Å². The summed E-state index contributed by atoms with van der Waals surface area (Å²) in [7, 11) is 0. The highest BCUT2D eigenvalue weighted by atomic mass is 16.8. The smallest absolute Gasteiger partial charge is 0.306 e. The molecule has 2 aliphatic rings. The molecule has 61 heavy (non-hydrogen) atoms. The van der Waals surface area contributed by atoms with Gasteiger partial charge in [0, 0.05) is 12.8 Å². The third-order valence-corrected chi connectivity index (χ3v) is 12.3. The first-order valence-electron chi connectivity index (χ1n) is 24.6. The van der Waals surface area contributed by atoms with E-state index in [0.29, 0.717) is 12.8 Å². The van der Waals surface area contributed by atoms with E-state index in [2.05, 4.69) is 27.7 Å². The first-order chi connectivity index (χ1) is 29.3. The lowest BCUT2D eigenvalue weighted by atomic mass is 9.99. The van der Waals surface area contributed by atoms with E-state index in [-0.39, 0.29) is 12.8 Å². The van der Waals surface area contributed by atoms with Crippen LogP contribution in [0.2, 0.25) is 0 Å². The maximum atomic E-state index is 13.2. The van der Waals surface area contributed by atoms with Gasteiger partial charge in [0.25, 0.3) is 0 Å². The molecule has 2 rings (SSSR count). The summed E-state index contributed by atoms with van der Waals surface area (Å²) >= 11 is 0. The lowest BCUT2D eigenvalue weighted by Crippen LogP contribution is -2.63. The molecule has 0 amide bonds. The van der Waals surface area contributed by atoms with E-state index >= 15 is 0 Å². The third kappa shape index (κ3) is 22.9. The van der Waals surface area contributed by atoms with Crippen molar-refractivity contribution >= 4 is 11.9 Å². The topological polar surface area (TPSA) is 202 Å². The number of rotatable bonds is 37. The Morgan fingerprint density at radius 2 is 0.902 bits per heavy atom. The molecule has 0 bridgehead atoms. The summed E-state index contributed by atoms with van der Waals surface area (Å²) in [4.78, 5) is 26.2. The molecule has 2 heterocycles. The quantitative estimate of drug-likeness (QED) is 0.0260. The van der Waals surface area contributed by atoms with Gasteiger partial charge >= 0.3 is 11.9 Å². The molecule has 13 nitrogen and oxygen atoms in total. The fraction of sp³-hybridized carbons (Fsp3) is 0.958. The van der Waals surface area contributed by atoms with E-state index in [1.807, 2.05) is 0 Å². The Morgan fingerprint density at radius 3 is 1.31 bits per heavy atom. The number of carbonyl (C=O) groups is 2. The van der Waals surface area contributed by atoms with Gasteiger partial charge in [-0.15, -0.1) is 0 Å². The van der Waals surface area contributed by atoms with Gasteiger partial charge < -0.3 is 54.3 Å². The van der Waals surface area contributed by atoms with Crippen LogP contribution < -0.4 is 0 Å². The van der Waals surface area contributed by atoms with Crippen LogP contribution in [0.3, 0.4) is 0 Å². The lowest BCUT2D eigenvalue weighted by molar-refractivity contribution is -0.384. The van der Waals surface area contributed by atoms with Gasteiger partial charge in [0.1, 0.15) is 43.2 Å². The van der Waals surface area contributed by atoms with Crippen LogP contribution in [-0.2, 0) is 33.3 Å². The van der Waals surface area contributed by atoms with Crippen LogP contribution in [0, 0.1) is 11.8 Å². The second-order valence-electron chi connectivity index (χ2n) is 18.9. The van der Waals surface area contributed by atoms with Crippen LogP contribution in [0.4, 0.5) is 0 Å². The van der Waals surface area contributed by atoms with E-state index in [0.717, 1.165) is 56.8 Å². The Morgan fingerprint density at radius 1 is 0.508 bits per heavy atom. The molecule has 0 aliphatic carbocycles. The second-order valence-corrected chi connectivity index (χ2v) is 18.9. The van der Waals surface area contributed by atoms with Crippen molar-refractivity contribution in [3.63, 3.8) is 0 Å². The summed E-state index contributed by atoms with van der Waals surface area (Å²) in [5, 5.41) is 62.7. The van der Waals surface area contributed by atoms with Crippen molar-refractivity contribution < 1.29 is 63.9 Å². The molecular formula is C48H90O13. The molecule has 0 saturated carbocycles. The molecular weight excluding hydrogens is 785 g/mol. The molecule has 6 N–H and O–H groups in total. The van der Waals surface area contributed by atoms with Gasteiger partial charge in [-0.2, -0.15) is 0 Å². The van der Waals surface area contributed by atoms with Gasteiger partial charge in [0.05, 0.1) is 13.2 Å². The summed E-state index contributed by atoms with van der Waals surface area (Å²) in [5.74, 6) is -1.94. The van der Waals surface area contributed by atoms with Crippen LogP contribution >= 0.6 is 0 Å².